The maximum absolute atomic E-state index is 12.0. The summed E-state index contributed by atoms with van der Waals surface area (Å²) in [7, 11) is 0. The number of carbonyl (C=O) groups is 1. The lowest BCUT2D eigenvalue weighted by Gasteiger charge is -2.07. The number of hydrogen-bond acceptors (Lipinski definition) is 3. The number of nitrogens with zero attached hydrogens (tertiary/aromatic N) is 2. The van der Waals surface area contributed by atoms with E-state index >= 15 is 0 Å². The summed E-state index contributed by atoms with van der Waals surface area (Å²) in [6.07, 6.45) is 2.96. The van der Waals surface area contributed by atoms with Crippen molar-refractivity contribution < 1.29 is 4.79 Å². The Balaban J connectivity index is 2.25. The Bertz CT molecular complexity index is 602. The van der Waals surface area contributed by atoms with E-state index in [4.69, 9.17) is 23.2 Å². The van der Waals surface area contributed by atoms with E-state index in [0.717, 1.165) is 5.69 Å². The smallest absolute Gasteiger partial charge is 0.259 e. The van der Waals surface area contributed by atoms with Crippen LogP contribution in [0.1, 0.15) is 16.1 Å². The van der Waals surface area contributed by atoms with Gasteiger partial charge in [0.15, 0.2) is 5.82 Å². The summed E-state index contributed by atoms with van der Waals surface area (Å²) in [6.45, 7) is 1.79. The van der Waals surface area contributed by atoms with Crippen molar-refractivity contribution in [1.29, 1.82) is 0 Å². The Morgan fingerprint density at radius 1 is 1.28 bits per heavy atom. The van der Waals surface area contributed by atoms with Gasteiger partial charge in [-0.1, -0.05) is 23.2 Å². The minimum Gasteiger partial charge on any atom is -0.305 e. The Morgan fingerprint density at radius 2 is 2.06 bits per heavy atom. The normalized spacial score (nSPS) is 10.2. The Kier molecular flexibility index (Phi) is 3.79. The second kappa shape index (κ2) is 5.33. The third-order valence-electron chi connectivity index (χ3n) is 2.23. The van der Waals surface area contributed by atoms with Gasteiger partial charge in [-0.25, -0.2) is 4.98 Å². The molecule has 0 aliphatic heterocycles. The molecule has 0 aliphatic rings. The summed E-state index contributed by atoms with van der Waals surface area (Å²) in [4.78, 5) is 20.0. The summed E-state index contributed by atoms with van der Waals surface area (Å²) >= 11 is 11.9. The molecule has 4 nitrogen and oxygen atoms in total. The number of carbonyl (C=O) groups excluding carboxylic acids is 1. The second-order valence-corrected chi connectivity index (χ2v) is 4.41. The van der Waals surface area contributed by atoms with Crippen molar-refractivity contribution in [1.82, 2.24) is 9.97 Å². The highest BCUT2D eigenvalue weighted by molar-refractivity contribution is 6.35. The maximum atomic E-state index is 12.0. The standard InChI is InChI=1S/C12H9Cl2N3O/c1-7-5-10(14)8(6-16-7)12(18)17-11-9(13)3-2-4-15-11/h2-6H,1H3,(H,15,17,18). The average Bonchev–Trinajstić information content (AvgIpc) is 2.32. The van der Waals surface area contributed by atoms with Crippen LogP contribution in [0.15, 0.2) is 30.6 Å². The largest absolute Gasteiger partial charge is 0.305 e. The van der Waals surface area contributed by atoms with E-state index in [0.29, 0.717) is 15.9 Å². The first-order valence-electron chi connectivity index (χ1n) is 5.12. The molecule has 0 atom stereocenters. The van der Waals surface area contributed by atoms with Gasteiger partial charge in [-0.3, -0.25) is 9.78 Å². The van der Waals surface area contributed by atoms with Crippen molar-refractivity contribution in [2.45, 2.75) is 6.92 Å². The molecule has 1 N–H and O–H groups in total. The van der Waals surface area contributed by atoms with Gasteiger partial charge in [-0.15, -0.1) is 0 Å². The van der Waals surface area contributed by atoms with Crippen LogP contribution in [-0.2, 0) is 0 Å². The molecule has 2 rings (SSSR count). The number of aromatic nitrogens is 2. The predicted octanol–water partition coefficient (Wildman–Crippen LogP) is 3.34. The van der Waals surface area contributed by atoms with Crippen LogP contribution >= 0.6 is 23.2 Å². The van der Waals surface area contributed by atoms with E-state index in [1.165, 1.54) is 12.4 Å². The summed E-state index contributed by atoms with van der Waals surface area (Å²) in [5.74, 6) is -0.103. The summed E-state index contributed by atoms with van der Waals surface area (Å²) in [6, 6.07) is 4.94. The van der Waals surface area contributed by atoms with Gasteiger partial charge in [-0.2, -0.15) is 0 Å². The monoisotopic (exact) mass is 281 g/mol. The Morgan fingerprint density at radius 3 is 2.72 bits per heavy atom. The van der Waals surface area contributed by atoms with Gasteiger partial charge in [0.05, 0.1) is 15.6 Å². The van der Waals surface area contributed by atoms with Gasteiger partial charge >= 0.3 is 0 Å². The van der Waals surface area contributed by atoms with Crippen molar-refractivity contribution in [2.24, 2.45) is 0 Å². The van der Waals surface area contributed by atoms with Crippen LogP contribution in [0, 0.1) is 6.92 Å². The lowest BCUT2D eigenvalue weighted by Crippen LogP contribution is -2.14. The van der Waals surface area contributed by atoms with Crippen molar-refractivity contribution >= 4 is 34.9 Å². The molecule has 0 radical (unpaired) electrons. The van der Waals surface area contributed by atoms with Crippen molar-refractivity contribution in [3.05, 3.63) is 51.9 Å². The SMILES string of the molecule is Cc1cc(Cl)c(C(=O)Nc2ncccc2Cl)cn1. The molecule has 2 aromatic heterocycles. The van der Waals surface area contributed by atoms with Crippen LogP contribution in [0.3, 0.4) is 0 Å². The molecule has 0 saturated carbocycles. The predicted molar refractivity (Wildman–Crippen MR) is 71.2 cm³/mol. The highest BCUT2D eigenvalue weighted by Gasteiger charge is 2.13. The molecule has 6 heteroatoms. The number of hydrogen-bond donors (Lipinski definition) is 1. The van der Waals surface area contributed by atoms with Crippen LogP contribution in [0.4, 0.5) is 5.82 Å². The van der Waals surface area contributed by atoms with E-state index < -0.39 is 5.91 Å². The van der Waals surface area contributed by atoms with Gasteiger partial charge in [0.25, 0.3) is 5.91 Å². The summed E-state index contributed by atoms with van der Waals surface area (Å²) in [5, 5.41) is 3.28. The van der Waals surface area contributed by atoms with Crippen LogP contribution in [0.25, 0.3) is 0 Å². The fraction of sp³-hybridized carbons (Fsp3) is 0.0833. The van der Waals surface area contributed by atoms with E-state index in [1.807, 2.05) is 0 Å². The minimum atomic E-state index is -0.395. The molecule has 18 heavy (non-hydrogen) atoms. The number of anilines is 1. The summed E-state index contributed by atoms with van der Waals surface area (Å²) < 4.78 is 0. The molecular weight excluding hydrogens is 273 g/mol. The molecule has 0 fully saturated rings. The summed E-state index contributed by atoms with van der Waals surface area (Å²) in [5.41, 5.74) is 1.02. The first-order chi connectivity index (χ1) is 8.58. The zero-order valence-electron chi connectivity index (χ0n) is 9.45. The van der Waals surface area contributed by atoms with Crippen LogP contribution in [0.2, 0.25) is 10.0 Å². The molecule has 0 spiro atoms. The van der Waals surface area contributed by atoms with E-state index in [9.17, 15) is 4.79 Å². The average molecular weight is 282 g/mol. The van der Waals surface area contributed by atoms with E-state index in [1.54, 1.807) is 25.1 Å². The van der Waals surface area contributed by atoms with Gasteiger partial charge in [-0.05, 0) is 25.1 Å². The van der Waals surface area contributed by atoms with Crippen LogP contribution < -0.4 is 5.32 Å². The number of halogens is 2. The van der Waals surface area contributed by atoms with Gasteiger partial charge in [0.2, 0.25) is 0 Å². The molecule has 0 aliphatic carbocycles. The molecule has 0 aromatic carbocycles. The zero-order chi connectivity index (χ0) is 13.1. The third-order valence-corrected chi connectivity index (χ3v) is 2.84. The van der Waals surface area contributed by atoms with E-state index in [2.05, 4.69) is 15.3 Å². The third kappa shape index (κ3) is 2.78. The maximum Gasteiger partial charge on any atom is 0.259 e. The lowest BCUT2D eigenvalue weighted by atomic mass is 10.2. The lowest BCUT2D eigenvalue weighted by molar-refractivity contribution is 0.102. The fourth-order valence-corrected chi connectivity index (χ4v) is 1.81. The van der Waals surface area contributed by atoms with Gasteiger partial charge in [0.1, 0.15) is 0 Å². The highest BCUT2D eigenvalue weighted by atomic mass is 35.5. The topological polar surface area (TPSA) is 54.9 Å². The van der Waals surface area contributed by atoms with E-state index in [-0.39, 0.29) is 5.56 Å². The molecule has 1 amide bonds. The highest BCUT2D eigenvalue weighted by Crippen LogP contribution is 2.20. The molecule has 0 unspecified atom stereocenters. The molecule has 2 heterocycles. The Hall–Kier alpha value is -1.65. The first-order valence-corrected chi connectivity index (χ1v) is 5.87. The quantitative estimate of drug-likeness (QED) is 0.919. The fourth-order valence-electron chi connectivity index (χ4n) is 1.35. The molecule has 92 valence electrons. The van der Waals surface area contributed by atoms with Crippen molar-refractivity contribution in [2.75, 3.05) is 5.32 Å². The minimum absolute atomic E-state index is 0.281. The van der Waals surface area contributed by atoms with Crippen molar-refractivity contribution in [3.63, 3.8) is 0 Å². The first kappa shape index (κ1) is 12.8. The molecule has 2 aromatic rings. The molecule has 0 bridgehead atoms. The molecule has 0 saturated heterocycles. The number of pyridine rings is 2. The number of nitrogens with one attached hydrogen (secondary N) is 1. The van der Waals surface area contributed by atoms with Crippen LogP contribution in [-0.4, -0.2) is 15.9 Å². The second-order valence-electron chi connectivity index (χ2n) is 3.59. The van der Waals surface area contributed by atoms with Crippen molar-refractivity contribution in [3.8, 4) is 0 Å². The molecular formula is C12H9Cl2N3O. The Labute approximate surface area is 114 Å². The van der Waals surface area contributed by atoms with Crippen LogP contribution in [0.5, 0.6) is 0 Å². The number of aryl methyl sites for hydroxylation is 1. The zero-order valence-corrected chi connectivity index (χ0v) is 11.0. The number of amides is 1. The van der Waals surface area contributed by atoms with Gasteiger partial charge < -0.3 is 5.32 Å². The number of rotatable bonds is 2. The van der Waals surface area contributed by atoms with Gasteiger partial charge in [0, 0.05) is 18.1 Å².